The van der Waals surface area contributed by atoms with Gasteiger partial charge in [-0.05, 0) is 39.4 Å². The van der Waals surface area contributed by atoms with Crippen molar-refractivity contribution in [3.63, 3.8) is 0 Å². The van der Waals surface area contributed by atoms with E-state index in [1.54, 1.807) is 0 Å². The number of aliphatic hydroxyl groups is 1. The monoisotopic (exact) mass is 247 g/mol. The number of imidazole rings is 1. The molecule has 0 saturated heterocycles. The summed E-state index contributed by atoms with van der Waals surface area (Å²) in [4.78, 5) is 6.77. The highest BCUT2D eigenvalue weighted by Gasteiger charge is 2.10. The highest BCUT2D eigenvalue weighted by molar-refractivity contribution is 5.42. The second-order valence-corrected chi connectivity index (χ2v) is 4.95. The van der Waals surface area contributed by atoms with Gasteiger partial charge in [0.25, 0.3) is 0 Å². The van der Waals surface area contributed by atoms with Crippen LogP contribution >= 0.6 is 0 Å². The number of hydrogen-bond donors (Lipinski definition) is 1. The Bertz CT molecular complexity index is 519. The lowest BCUT2D eigenvalue weighted by Crippen LogP contribution is -2.23. The van der Waals surface area contributed by atoms with Gasteiger partial charge in [-0.3, -0.25) is 0 Å². The minimum absolute atomic E-state index is 0.240. The van der Waals surface area contributed by atoms with Crippen LogP contribution in [-0.2, 0) is 6.54 Å². The zero-order chi connectivity index (χ0) is 13.1. The molecule has 2 rings (SSSR count). The molecule has 0 radical (unpaired) electrons. The van der Waals surface area contributed by atoms with Crippen LogP contribution < -0.4 is 0 Å². The standard InChI is InChI=1S/C14H21N3O/c1-11(18)7-9-16(3)10-13-12(2)15-14-6-4-5-8-17(13)14/h4-6,8,11,18H,7,9-10H2,1-3H3. The van der Waals surface area contributed by atoms with Crippen molar-refractivity contribution in [2.24, 2.45) is 0 Å². The quantitative estimate of drug-likeness (QED) is 0.876. The average molecular weight is 247 g/mol. The van der Waals surface area contributed by atoms with E-state index in [0.29, 0.717) is 0 Å². The first-order valence-corrected chi connectivity index (χ1v) is 6.37. The molecule has 4 heteroatoms. The van der Waals surface area contributed by atoms with Crippen LogP contribution in [0.4, 0.5) is 0 Å². The summed E-state index contributed by atoms with van der Waals surface area (Å²) in [7, 11) is 2.07. The van der Waals surface area contributed by atoms with Crippen molar-refractivity contribution in [3.8, 4) is 0 Å². The number of rotatable bonds is 5. The van der Waals surface area contributed by atoms with Gasteiger partial charge in [0.1, 0.15) is 5.65 Å². The molecule has 2 heterocycles. The molecule has 2 aromatic rings. The van der Waals surface area contributed by atoms with Crippen LogP contribution in [-0.4, -0.2) is 39.1 Å². The van der Waals surface area contributed by atoms with Crippen molar-refractivity contribution >= 4 is 5.65 Å². The summed E-state index contributed by atoms with van der Waals surface area (Å²) >= 11 is 0. The molecule has 98 valence electrons. The highest BCUT2D eigenvalue weighted by Crippen LogP contribution is 2.13. The van der Waals surface area contributed by atoms with Crippen LogP contribution in [0.2, 0.25) is 0 Å². The van der Waals surface area contributed by atoms with Crippen LogP contribution in [0.3, 0.4) is 0 Å². The Balaban J connectivity index is 2.13. The van der Waals surface area contributed by atoms with E-state index in [4.69, 9.17) is 0 Å². The summed E-state index contributed by atoms with van der Waals surface area (Å²) < 4.78 is 2.13. The molecule has 0 aromatic carbocycles. The predicted molar refractivity (Wildman–Crippen MR) is 72.6 cm³/mol. The summed E-state index contributed by atoms with van der Waals surface area (Å²) in [6.07, 6.45) is 2.61. The second kappa shape index (κ2) is 5.50. The molecule has 0 aliphatic rings. The summed E-state index contributed by atoms with van der Waals surface area (Å²) in [5.74, 6) is 0. The van der Waals surface area contributed by atoms with E-state index in [-0.39, 0.29) is 6.10 Å². The minimum atomic E-state index is -0.240. The molecule has 0 amide bonds. The zero-order valence-corrected chi connectivity index (χ0v) is 11.3. The first-order valence-electron chi connectivity index (χ1n) is 6.37. The normalized spacial score (nSPS) is 13.4. The van der Waals surface area contributed by atoms with Crippen LogP contribution in [0, 0.1) is 6.92 Å². The molecule has 18 heavy (non-hydrogen) atoms. The third-order valence-electron chi connectivity index (χ3n) is 3.18. The number of hydrogen-bond acceptors (Lipinski definition) is 3. The first kappa shape index (κ1) is 13.1. The van der Waals surface area contributed by atoms with Gasteiger partial charge in [-0.1, -0.05) is 6.07 Å². The smallest absolute Gasteiger partial charge is 0.137 e. The van der Waals surface area contributed by atoms with Crippen LogP contribution in [0.25, 0.3) is 5.65 Å². The maximum Gasteiger partial charge on any atom is 0.137 e. The fraction of sp³-hybridized carbons (Fsp3) is 0.500. The van der Waals surface area contributed by atoms with Crippen LogP contribution in [0.1, 0.15) is 24.7 Å². The maximum atomic E-state index is 9.31. The Morgan fingerprint density at radius 3 is 2.94 bits per heavy atom. The number of fused-ring (bicyclic) bond motifs is 1. The van der Waals surface area contributed by atoms with Crippen molar-refractivity contribution in [2.45, 2.75) is 32.9 Å². The number of aliphatic hydroxyl groups excluding tert-OH is 1. The third kappa shape index (κ3) is 2.89. The molecular weight excluding hydrogens is 226 g/mol. The Labute approximate surface area is 108 Å². The molecule has 1 N–H and O–H groups in total. The third-order valence-corrected chi connectivity index (χ3v) is 3.18. The van der Waals surface area contributed by atoms with E-state index >= 15 is 0 Å². The molecule has 0 aliphatic heterocycles. The molecule has 0 aliphatic carbocycles. The Morgan fingerprint density at radius 1 is 1.44 bits per heavy atom. The Kier molecular flexibility index (Phi) is 3.99. The molecule has 0 fully saturated rings. The van der Waals surface area contributed by atoms with Gasteiger partial charge < -0.3 is 14.4 Å². The highest BCUT2D eigenvalue weighted by atomic mass is 16.3. The fourth-order valence-corrected chi connectivity index (χ4v) is 2.10. The fourth-order valence-electron chi connectivity index (χ4n) is 2.10. The summed E-state index contributed by atoms with van der Waals surface area (Å²) in [6.45, 7) is 5.61. The summed E-state index contributed by atoms with van der Waals surface area (Å²) in [5.41, 5.74) is 3.29. The largest absolute Gasteiger partial charge is 0.393 e. The van der Waals surface area contributed by atoms with Crippen molar-refractivity contribution in [3.05, 3.63) is 35.8 Å². The minimum Gasteiger partial charge on any atom is -0.393 e. The number of nitrogens with zero attached hydrogens (tertiary/aromatic N) is 3. The molecule has 0 bridgehead atoms. The van der Waals surface area contributed by atoms with Crippen molar-refractivity contribution in [1.29, 1.82) is 0 Å². The molecule has 0 saturated carbocycles. The Hall–Kier alpha value is -1.39. The predicted octanol–water partition coefficient (Wildman–Crippen LogP) is 1.85. The summed E-state index contributed by atoms with van der Waals surface area (Å²) in [5, 5.41) is 9.31. The van der Waals surface area contributed by atoms with Gasteiger partial charge in [-0.15, -0.1) is 0 Å². The molecule has 1 unspecified atom stereocenters. The second-order valence-electron chi connectivity index (χ2n) is 4.95. The van der Waals surface area contributed by atoms with Crippen molar-refractivity contribution < 1.29 is 5.11 Å². The van der Waals surface area contributed by atoms with E-state index in [0.717, 1.165) is 30.9 Å². The maximum absolute atomic E-state index is 9.31. The SMILES string of the molecule is Cc1nc2ccccn2c1CN(C)CCC(C)O. The van der Waals surface area contributed by atoms with E-state index in [2.05, 4.69) is 21.3 Å². The van der Waals surface area contributed by atoms with E-state index in [1.807, 2.05) is 38.2 Å². The number of pyridine rings is 1. The van der Waals surface area contributed by atoms with Gasteiger partial charge in [0.05, 0.1) is 17.5 Å². The van der Waals surface area contributed by atoms with Crippen molar-refractivity contribution in [1.82, 2.24) is 14.3 Å². The van der Waals surface area contributed by atoms with Gasteiger partial charge in [-0.2, -0.15) is 0 Å². The topological polar surface area (TPSA) is 40.8 Å². The van der Waals surface area contributed by atoms with Crippen LogP contribution in [0.15, 0.2) is 24.4 Å². The Morgan fingerprint density at radius 2 is 2.22 bits per heavy atom. The average Bonchev–Trinajstić information content (AvgIpc) is 2.64. The van der Waals surface area contributed by atoms with E-state index < -0.39 is 0 Å². The van der Waals surface area contributed by atoms with Gasteiger partial charge in [0.2, 0.25) is 0 Å². The van der Waals surface area contributed by atoms with Gasteiger partial charge in [-0.25, -0.2) is 4.98 Å². The lowest BCUT2D eigenvalue weighted by atomic mass is 10.2. The molecular formula is C14H21N3O. The summed E-state index contributed by atoms with van der Waals surface area (Å²) in [6, 6.07) is 6.04. The van der Waals surface area contributed by atoms with E-state index in [9.17, 15) is 5.11 Å². The molecule has 4 nitrogen and oxygen atoms in total. The zero-order valence-electron chi connectivity index (χ0n) is 11.3. The molecule has 1 atom stereocenters. The van der Waals surface area contributed by atoms with Gasteiger partial charge >= 0.3 is 0 Å². The van der Waals surface area contributed by atoms with Crippen LogP contribution in [0.5, 0.6) is 0 Å². The number of aromatic nitrogens is 2. The van der Waals surface area contributed by atoms with E-state index in [1.165, 1.54) is 5.69 Å². The molecule has 0 spiro atoms. The van der Waals surface area contributed by atoms with Crippen molar-refractivity contribution in [2.75, 3.05) is 13.6 Å². The lowest BCUT2D eigenvalue weighted by molar-refractivity contribution is 0.162. The van der Waals surface area contributed by atoms with Gasteiger partial charge in [0, 0.05) is 19.3 Å². The molecule has 2 aromatic heterocycles. The first-order chi connectivity index (χ1) is 8.58. The number of aryl methyl sites for hydroxylation is 1. The lowest BCUT2D eigenvalue weighted by Gasteiger charge is -2.17. The van der Waals surface area contributed by atoms with Gasteiger partial charge in [0.15, 0.2) is 0 Å².